The van der Waals surface area contributed by atoms with Crippen molar-refractivity contribution in [3.8, 4) is 0 Å². The lowest BCUT2D eigenvalue weighted by Gasteiger charge is -2.28. The Labute approximate surface area is 102 Å². The Morgan fingerprint density at radius 2 is 1.88 bits per heavy atom. The van der Waals surface area contributed by atoms with Crippen LogP contribution in [-0.2, 0) is 0 Å². The quantitative estimate of drug-likeness (QED) is 0.754. The van der Waals surface area contributed by atoms with Gasteiger partial charge in [-0.05, 0) is 38.0 Å². The Hall–Kier alpha value is -0.700. The van der Waals surface area contributed by atoms with E-state index in [2.05, 4.69) is 6.08 Å². The molecule has 0 saturated heterocycles. The number of allylic oxidation sites excluding steroid dienone is 3. The molecular weight excluding hydrogens is 220 g/mol. The van der Waals surface area contributed by atoms with Crippen LogP contribution in [0.4, 0.5) is 8.78 Å². The molecule has 0 bridgehead atoms. The highest BCUT2D eigenvalue weighted by Gasteiger charge is 2.30. The molecular formula is C14H21F2N. The molecule has 1 nitrogen and oxygen atoms in total. The highest BCUT2D eigenvalue weighted by Crippen LogP contribution is 2.32. The van der Waals surface area contributed by atoms with Crippen LogP contribution in [0.15, 0.2) is 24.3 Å². The molecule has 2 N–H and O–H groups in total. The van der Waals surface area contributed by atoms with Gasteiger partial charge in [0, 0.05) is 12.0 Å². The van der Waals surface area contributed by atoms with Gasteiger partial charge in [-0.15, -0.1) is 0 Å². The Bertz CT molecular complexity index is 301. The SMILES string of the molecule is NC1C=CC(CCC2C(F)C=CCC2F)CC1. The van der Waals surface area contributed by atoms with Crippen LogP contribution in [0.5, 0.6) is 0 Å². The highest BCUT2D eigenvalue weighted by molar-refractivity contribution is 5.04. The number of rotatable bonds is 3. The van der Waals surface area contributed by atoms with E-state index in [-0.39, 0.29) is 6.04 Å². The number of hydrogen-bond donors (Lipinski definition) is 1. The molecule has 96 valence electrons. The first kappa shape index (κ1) is 12.7. The highest BCUT2D eigenvalue weighted by atomic mass is 19.1. The molecule has 17 heavy (non-hydrogen) atoms. The maximum Gasteiger partial charge on any atom is 0.124 e. The zero-order valence-electron chi connectivity index (χ0n) is 10.1. The van der Waals surface area contributed by atoms with Crippen LogP contribution >= 0.6 is 0 Å². The van der Waals surface area contributed by atoms with Crippen LogP contribution < -0.4 is 5.73 Å². The molecule has 0 radical (unpaired) electrons. The Morgan fingerprint density at radius 1 is 1.06 bits per heavy atom. The summed E-state index contributed by atoms with van der Waals surface area (Å²) in [6.45, 7) is 0. The minimum atomic E-state index is -1.10. The van der Waals surface area contributed by atoms with E-state index < -0.39 is 18.3 Å². The third kappa shape index (κ3) is 3.38. The molecule has 0 amide bonds. The summed E-state index contributed by atoms with van der Waals surface area (Å²) >= 11 is 0. The molecule has 0 aromatic carbocycles. The predicted molar refractivity (Wildman–Crippen MR) is 66.1 cm³/mol. The second-order valence-corrected chi connectivity index (χ2v) is 5.25. The summed E-state index contributed by atoms with van der Waals surface area (Å²) in [4.78, 5) is 0. The van der Waals surface area contributed by atoms with Crippen LogP contribution in [0, 0.1) is 11.8 Å². The smallest absolute Gasteiger partial charge is 0.124 e. The normalized spacial score (nSPS) is 41.7. The molecule has 0 fully saturated rings. The lowest BCUT2D eigenvalue weighted by atomic mass is 9.82. The van der Waals surface area contributed by atoms with Crippen LogP contribution in [0.25, 0.3) is 0 Å². The maximum atomic E-state index is 13.6. The van der Waals surface area contributed by atoms with E-state index in [0.29, 0.717) is 18.8 Å². The van der Waals surface area contributed by atoms with Gasteiger partial charge in [-0.3, -0.25) is 0 Å². The van der Waals surface area contributed by atoms with Crippen molar-refractivity contribution in [3.63, 3.8) is 0 Å². The maximum absolute atomic E-state index is 13.6. The van der Waals surface area contributed by atoms with Crippen molar-refractivity contribution >= 4 is 0 Å². The third-order valence-corrected chi connectivity index (χ3v) is 3.93. The average Bonchev–Trinajstić information content (AvgIpc) is 2.31. The zero-order chi connectivity index (χ0) is 12.3. The molecule has 3 heteroatoms. The summed E-state index contributed by atoms with van der Waals surface area (Å²) in [5, 5.41) is 0. The summed E-state index contributed by atoms with van der Waals surface area (Å²) in [5.41, 5.74) is 5.76. The molecule has 0 aromatic heterocycles. The molecule has 5 unspecified atom stereocenters. The van der Waals surface area contributed by atoms with Gasteiger partial charge in [0.05, 0.1) is 0 Å². The Morgan fingerprint density at radius 3 is 2.53 bits per heavy atom. The van der Waals surface area contributed by atoms with Crippen LogP contribution in [0.1, 0.15) is 32.1 Å². The van der Waals surface area contributed by atoms with Crippen molar-refractivity contribution in [2.75, 3.05) is 0 Å². The standard InChI is InChI=1S/C14H21F2N/c15-13-2-1-3-14(16)12(13)9-6-10-4-7-11(17)8-5-10/h1-2,4,7,10-14H,3,5-6,8-9,17H2. The summed E-state index contributed by atoms with van der Waals surface area (Å²) < 4.78 is 27.1. The van der Waals surface area contributed by atoms with Gasteiger partial charge < -0.3 is 5.73 Å². The molecule has 2 aliphatic carbocycles. The minimum absolute atomic E-state index is 0.173. The summed E-state index contributed by atoms with van der Waals surface area (Å²) in [7, 11) is 0. The van der Waals surface area contributed by atoms with Gasteiger partial charge in [0.1, 0.15) is 12.3 Å². The van der Waals surface area contributed by atoms with Gasteiger partial charge >= 0.3 is 0 Å². The van der Waals surface area contributed by atoms with Crippen molar-refractivity contribution < 1.29 is 8.78 Å². The van der Waals surface area contributed by atoms with Crippen molar-refractivity contribution in [1.29, 1.82) is 0 Å². The van der Waals surface area contributed by atoms with E-state index >= 15 is 0 Å². The predicted octanol–water partition coefficient (Wildman–Crippen LogP) is 3.31. The molecule has 0 spiro atoms. The average molecular weight is 241 g/mol. The monoisotopic (exact) mass is 241 g/mol. The molecule has 0 aliphatic heterocycles. The van der Waals surface area contributed by atoms with E-state index in [1.165, 1.54) is 6.08 Å². The van der Waals surface area contributed by atoms with E-state index in [9.17, 15) is 8.78 Å². The lowest BCUT2D eigenvalue weighted by Crippen LogP contribution is -2.29. The number of alkyl halides is 2. The fraction of sp³-hybridized carbons (Fsp3) is 0.714. The third-order valence-electron chi connectivity index (χ3n) is 3.93. The molecule has 2 rings (SSSR count). The van der Waals surface area contributed by atoms with Crippen molar-refractivity contribution in [1.82, 2.24) is 0 Å². The van der Waals surface area contributed by atoms with Crippen molar-refractivity contribution in [2.45, 2.75) is 50.5 Å². The zero-order valence-corrected chi connectivity index (χ0v) is 10.1. The first-order chi connectivity index (χ1) is 8.16. The van der Waals surface area contributed by atoms with Gasteiger partial charge in [-0.1, -0.05) is 24.3 Å². The van der Waals surface area contributed by atoms with Crippen LogP contribution in [0.3, 0.4) is 0 Å². The molecule has 0 aromatic rings. The Balaban J connectivity index is 1.81. The molecule has 2 aliphatic rings. The largest absolute Gasteiger partial charge is 0.324 e. The minimum Gasteiger partial charge on any atom is -0.324 e. The van der Waals surface area contributed by atoms with E-state index in [4.69, 9.17) is 5.73 Å². The van der Waals surface area contributed by atoms with Crippen LogP contribution in [-0.4, -0.2) is 18.4 Å². The number of hydrogen-bond acceptors (Lipinski definition) is 1. The summed E-state index contributed by atoms with van der Waals surface area (Å²) in [6, 6.07) is 0.173. The molecule has 5 atom stereocenters. The number of nitrogens with two attached hydrogens (primary N) is 1. The fourth-order valence-corrected chi connectivity index (χ4v) is 2.74. The van der Waals surface area contributed by atoms with Gasteiger partial charge in [0.2, 0.25) is 0 Å². The second kappa shape index (κ2) is 5.76. The summed E-state index contributed by atoms with van der Waals surface area (Å²) in [6.07, 6.45) is 9.08. The molecule has 0 saturated carbocycles. The van der Waals surface area contributed by atoms with Crippen molar-refractivity contribution in [3.05, 3.63) is 24.3 Å². The Kier molecular flexibility index (Phi) is 4.32. The molecule has 0 heterocycles. The topological polar surface area (TPSA) is 26.0 Å². The van der Waals surface area contributed by atoms with Gasteiger partial charge in [0.25, 0.3) is 0 Å². The number of halogens is 2. The van der Waals surface area contributed by atoms with E-state index in [0.717, 1.165) is 19.3 Å². The summed E-state index contributed by atoms with van der Waals surface area (Å²) in [5.74, 6) is 0.0177. The first-order valence-electron chi connectivity index (χ1n) is 6.55. The van der Waals surface area contributed by atoms with Gasteiger partial charge in [-0.25, -0.2) is 8.78 Å². The fourth-order valence-electron chi connectivity index (χ4n) is 2.74. The van der Waals surface area contributed by atoms with Gasteiger partial charge in [-0.2, -0.15) is 0 Å². The first-order valence-corrected chi connectivity index (χ1v) is 6.55. The van der Waals surface area contributed by atoms with Gasteiger partial charge in [0.15, 0.2) is 0 Å². The van der Waals surface area contributed by atoms with E-state index in [1.54, 1.807) is 6.08 Å². The van der Waals surface area contributed by atoms with Crippen LogP contribution in [0.2, 0.25) is 0 Å². The lowest BCUT2D eigenvalue weighted by molar-refractivity contribution is 0.129. The van der Waals surface area contributed by atoms with E-state index in [1.807, 2.05) is 6.08 Å². The van der Waals surface area contributed by atoms with Crippen molar-refractivity contribution in [2.24, 2.45) is 17.6 Å². The second-order valence-electron chi connectivity index (χ2n) is 5.25.